The molecule has 1 N–H and O–H groups in total. The average Bonchev–Trinajstić information content (AvgIpc) is 3.12. The number of amides is 1. The summed E-state index contributed by atoms with van der Waals surface area (Å²) >= 11 is 5.63. The van der Waals surface area contributed by atoms with Gasteiger partial charge in [0.2, 0.25) is 0 Å². The average molecular weight is 308 g/mol. The van der Waals surface area contributed by atoms with Crippen molar-refractivity contribution in [2.45, 2.75) is 25.5 Å². The van der Waals surface area contributed by atoms with Gasteiger partial charge in [0.1, 0.15) is 0 Å². The van der Waals surface area contributed by atoms with Gasteiger partial charge >= 0.3 is 0 Å². The van der Waals surface area contributed by atoms with Gasteiger partial charge in [0.15, 0.2) is 10.8 Å². The lowest BCUT2D eigenvalue weighted by Crippen LogP contribution is -2.15. The van der Waals surface area contributed by atoms with Crippen LogP contribution in [0.15, 0.2) is 24.5 Å². The van der Waals surface area contributed by atoms with Crippen molar-refractivity contribution in [3.05, 3.63) is 35.4 Å². The van der Waals surface area contributed by atoms with Gasteiger partial charge in [-0.05, 0) is 25.0 Å². The first-order chi connectivity index (χ1) is 10.2. The first-order valence-corrected chi connectivity index (χ1v) is 7.03. The molecular weight excluding hydrogens is 294 g/mol. The summed E-state index contributed by atoms with van der Waals surface area (Å²) in [5.41, 5.74) is 0.807. The number of hydrogen-bond acceptors (Lipinski definition) is 5. The van der Waals surface area contributed by atoms with E-state index in [4.69, 9.17) is 16.3 Å². The second-order valence-electron chi connectivity index (χ2n) is 4.78. The summed E-state index contributed by atoms with van der Waals surface area (Å²) in [5.74, 6) is -0.351. The maximum absolute atomic E-state index is 12.0. The predicted molar refractivity (Wildman–Crippen MR) is 76.2 cm³/mol. The number of carbonyl (C=O) groups excluding carboxylic acids is 1. The molecular formula is C13H14ClN5O2. The molecule has 3 heterocycles. The van der Waals surface area contributed by atoms with Crippen LogP contribution in [0.5, 0.6) is 0 Å². The molecule has 2 aromatic rings. The Hall–Kier alpha value is -1.99. The Kier molecular flexibility index (Phi) is 4.12. The van der Waals surface area contributed by atoms with Crippen LogP contribution < -0.4 is 5.32 Å². The zero-order chi connectivity index (χ0) is 14.7. The van der Waals surface area contributed by atoms with E-state index in [0.29, 0.717) is 12.2 Å². The molecule has 1 unspecified atom stereocenters. The van der Waals surface area contributed by atoms with Gasteiger partial charge in [-0.2, -0.15) is 5.10 Å². The Morgan fingerprint density at radius 2 is 2.38 bits per heavy atom. The summed E-state index contributed by atoms with van der Waals surface area (Å²) in [5, 5.41) is 14.5. The Bertz CT molecular complexity index is 622. The molecule has 0 spiro atoms. The zero-order valence-corrected chi connectivity index (χ0v) is 12.0. The molecule has 2 aromatic heterocycles. The number of rotatable bonds is 4. The van der Waals surface area contributed by atoms with Crippen molar-refractivity contribution < 1.29 is 9.53 Å². The maximum atomic E-state index is 12.0. The molecule has 1 saturated heterocycles. The fourth-order valence-corrected chi connectivity index (χ4v) is 2.26. The normalized spacial score (nSPS) is 17.9. The molecule has 1 aliphatic rings. The minimum absolute atomic E-state index is 0.200. The van der Waals surface area contributed by atoms with Crippen LogP contribution in [0.2, 0.25) is 5.15 Å². The molecule has 7 nitrogen and oxygen atoms in total. The second-order valence-corrected chi connectivity index (χ2v) is 5.17. The number of ether oxygens (including phenoxy) is 1. The SMILES string of the molecule is O=C(Nc1cnn(CC2CCCO2)c1)c1ccc(Cl)nn1. The van der Waals surface area contributed by atoms with Gasteiger partial charge in [-0.1, -0.05) is 11.6 Å². The fraction of sp³-hybridized carbons (Fsp3) is 0.385. The third-order valence-electron chi connectivity index (χ3n) is 3.17. The largest absolute Gasteiger partial charge is 0.376 e. The molecule has 1 fully saturated rings. The highest BCUT2D eigenvalue weighted by Gasteiger charge is 2.17. The molecule has 1 amide bonds. The molecule has 3 rings (SSSR count). The number of hydrogen-bond donors (Lipinski definition) is 1. The Labute approximate surface area is 126 Å². The summed E-state index contributed by atoms with van der Waals surface area (Å²) in [4.78, 5) is 12.0. The van der Waals surface area contributed by atoms with E-state index in [0.717, 1.165) is 19.4 Å². The summed E-state index contributed by atoms with van der Waals surface area (Å²) < 4.78 is 7.31. The van der Waals surface area contributed by atoms with Crippen LogP contribution in [0.1, 0.15) is 23.3 Å². The van der Waals surface area contributed by atoms with Gasteiger partial charge in [0.05, 0.1) is 24.5 Å². The van der Waals surface area contributed by atoms with E-state index in [1.807, 2.05) is 0 Å². The van der Waals surface area contributed by atoms with Crippen LogP contribution in [-0.2, 0) is 11.3 Å². The molecule has 0 aliphatic carbocycles. The maximum Gasteiger partial charge on any atom is 0.276 e. The summed E-state index contributed by atoms with van der Waals surface area (Å²) in [6.07, 6.45) is 5.70. The molecule has 0 bridgehead atoms. The van der Waals surface area contributed by atoms with Crippen molar-refractivity contribution in [1.29, 1.82) is 0 Å². The Balaban J connectivity index is 1.61. The number of aromatic nitrogens is 4. The van der Waals surface area contributed by atoms with Crippen LogP contribution in [0.4, 0.5) is 5.69 Å². The molecule has 0 saturated carbocycles. The number of halogens is 1. The predicted octanol–water partition coefficient (Wildman–Crippen LogP) is 1.76. The highest BCUT2D eigenvalue weighted by molar-refractivity contribution is 6.29. The molecule has 1 aliphatic heterocycles. The van der Waals surface area contributed by atoms with Crippen LogP contribution >= 0.6 is 11.6 Å². The summed E-state index contributed by atoms with van der Waals surface area (Å²) in [6, 6.07) is 3.03. The van der Waals surface area contributed by atoms with E-state index < -0.39 is 0 Å². The zero-order valence-electron chi connectivity index (χ0n) is 11.2. The lowest BCUT2D eigenvalue weighted by atomic mass is 10.2. The topological polar surface area (TPSA) is 81.9 Å². The summed E-state index contributed by atoms with van der Waals surface area (Å²) in [6.45, 7) is 1.50. The van der Waals surface area contributed by atoms with E-state index in [1.54, 1.807) is 17.1 Å². The Morgan fingerprint density at radius 3 is 3.10 bits per heavy atom. The van der Waals surface area contributed by atoms with Gasteiger partial charge < -0.3 is 10.1 Å². The smallest absolute Gasteiger partial charge is 0.276 e. The van der Waals surface area contributed by atoms with Crippen molar-refractivity contribution in [2.75, 3.05) is 11.9 Å². The first-order valence-electron chi connectivity index (χ1n) is 6.65. The van der Waals surface area contributed by atoms with E-state index in [-0.39, 0.29) is 22.9 Å². The number of anilines is 1. The molecule has 21 heavy (non-hydrogen) atoms. The van der Waals surface area contributed by atoms with Crippen molar-refractivity contribution >= 4 is 23.2 Å². The van der Waals surface area contributed by atoms with Crippen molar-refractivity contribution in [3.63, 3.8) is 0 Å². The minimum atomic E-state index is -0.351. The van der Waals surface area contributed by atoms with Crippen molar-refractivity contribution in [2.24, 2.45) is 0 Å². The third-order valence-corrected chi connectivity index (χ3v) is 3.37. The van der Waals surface area contributed by atoms with Crippen molar-refractivity contribution in [1.82, 2.24) is 20.0 Å². The van der Waals surface area contributed by atoms with Gasteiger partial charge in [0.25, 0.3) is 5.91 Å². The molecule has 0 radical (unpaired) electrons. The van der Waals surface area contributed by atoms with Crippen LogP contribution in [0, 0.1) is 0 Å². The van der Waals surface area contributed by atoms with Crippen LogP contribution in [0.3, 0.4) is 0 Å². The standard InChI is InChI=1S/C13H14ClN5O2/c14-12-4-3-11(17-18-12)13(20)16-9-6-15-19(7-9)8-10-2-1-5-21-10/h3-4,6-7,10H,1-2,5,8H2,(H,16,20). The van der Waals surface area contributed by atoms with E-state index in [9.17, 15) is 4.79 Å². The highest BCUT2D eigenvalue weighted by Crippen LogP contribution is 2.15. The highest BCUT2D eigenvalue weighted by atomic mass is 35.5. The van der Waals surface area contributed by atoms with Gasteiger partial charge in [-0.25, -0.2) is 0 Å². The molecule has 8 heteroatoms. The lowest BCUT2D eigenvalue weighted by molar-refractivity contribution is 0.0940. The van der Waals surface area contributed by atoms with Gasteiger partial charge in [-0.15, -0.1) is 10.2 Å². The molecule has 0 aromatic carbocycles. The number of carbonyl (C=O) groups is 1. The number of nitrogens with zero attached hydrogens (tertiary/aromatic N) is 4. The number of nitrogens with one attached hydrogen (secondary N) is 1. The van der Waals surface area contributed by atoms with Gasteiger partial charge in [0, 0.05) is 12.8 Å². The fourth-order valence-electron chi connectivity index (χ4n) is 2.16. The summed E-state index contributed by atoms with van der Waals surface area (Å²) in [7, 11) is 0. The molecule has 1 atom stereocenters. The monoisotopic (exact) mass is 307 g/mol. The van der Waals surface area contributed by atoms with E-state index in [1.165, 1.54) is 12.1 Å². The molecule has 110 valence electrons. The second kappa shape index (κ2) is 6.19. The van der Waals surface area contributed by atoms with Crippen molar-refractivity contribution in [3.8, 4) is 0 Å². The quantitative estimate of drug-likeness (QED) is 0.930. The first kappa shape index (κ1) is 14.0. The van der Waals surface area contributed by atoms with Crippen LogP contribution in [0.25, 0.3) is 0 Å². The minimum Gasteiger partial charge on any atom is -0.376 e. The lowest BCUT2D eigenvalue weighted by Gasteiger charge is -2.08. The van der Waals surface area contributed by atoms with Gasteiger partial charge in [-0.3, -0.25) is 9.48 Å². The third kappa shape index (κ3) is 3.56. The Morgan fingerprint density at radius 1 is 1.48 bits per heavy atom. The van der Waals surface area contributed by atoms with E-state index in [2.05, 4.69) is 20.6 Å². The van der Waals surface area contributed by atoms with E-state index >= 15 is 0 Å². The van der Waals surface area contributed by atoms with Crippen LogP contribution in [-0.4, -0.2) is 38.6 Å².